The molecule has 0 amide bonds. The standard InChI is InChI=1S/C26H32FN3O4.BrH/c1-6-32-21-12-17-13-30(26(28)22(17)23(27)25(21)33-7-2)14-20(31)16-10-18(15(3)4)24-19(11-16)29(5)8-9-34-24;/h10-12,15,28H,6-9,13-14H2,1-5H3;1H. The molecule has 9 heteroatoms. The number of hydrogen-bond acceptors (Lipinski definition) is 6. The fourth-order valence-electron chi connectivity index (χ4n) is 4.49. The summed E-state index contributed by atoms with van der Waals surface area (Å²) in [6, 6.07) is 5.46. The highest BCUT2D eigenvalue weighted by Gasteiger charge is 2.33. The number of carbonyl (C=O) groups is 1. The SMILES string of the molecule is Br.CCOc1cc2c(c(F)c1OCC)C(=N)N(CC(=O)c1cc(C(C)C)c3c(c1)N(C)CCO3)C2. The maximum atomic E-state index is 15.3. The quantitative estimate of drug-likeness (QED) is 0.457. The topological polar surface area (TPSA) is 75.1 Å². The van der Waals surface area contributed by atoms with E-state index in [1.165, 1.54) is 0 Å². The van der Waals surface area contributed by atoms with Gasteiger partial charge in [0.1, 0.15) is 18.2 Å². The van der Waals surface area contributed by atoms with Crippen LogP contribution in [-0.4, -0.2) is 56.5 Å². The summed E-state index contributed by atoms with van der Waals surface area (Å²) < 4.78 is 32.3. The highest BCUT2D eigenvalue weighted by Crippen LogP contribution is 2.41. The van der Waals surface area contributed by atoms with Crippen LogP contribution in [0.2, 0.25) is 0 Å². The monoisotopic (exact) mass is 549 g/mol. The molecule has 2 aliphatic rings. The number of nitrogens with zero attached hydrogens (tertiary/aromatic N) is 2. The zero-order valence-electron chi connectivity index (χ0n) is 20.9. The number of ketones is 1. The van der Waals surface area contributed by atoms with Gasteiger partial charge in [-0.1, -0.05) is 13.8 Å². The third kappa shape index (κ3) is 4.96. The molecule has 1 N–H and O–H groups in total. The minimum atomic E-state index is -0.614. The highest BCUT2D eigenvalue weighted by atomic mass is 79.9. The molecule has 0 radical (unpaired) electrons. The molecule has 0 saturated carbocycles. The van der Waals surface area contributed by atoms with E-state index < -0.39 is 5.82 Å². The zero-order valence-corrected chi connectivity index (χ0v) is 22.6. The smallest absolute Gasteiger partial charge is 0.197 e. The van der Waals surface area contributed by atoms with Crippen LogP contribution in [0.25, 0.3) is 0 Å². The lowest BCUT2D eigenvalue weighted by atomic mass is 9.95. The van der Waals surface area contributed by atoms with E-state index in [2.05, 4.69) is 18.7 Å². The number of halogens is 2. The summed E-state index contributed by atoms with van der Waals surface area (Å²) in [5, 5.41) is 8.59. The molecule has 0 fully saturated rings. The van der Waals surface area contributed by atoms with Crippen molar-refractivity contribution in [2.24, 2.45) is 0 Å². The van der Waals surface area contributed by atoms with Gasteiger partial charge in [-0.3, -0.25) is 10.2 Å². The summed E-state index contributed by atoms with van der Waals surface area (Å²) in [5.41, 5.74) is 3.23. The number of likely N-dealkylation sites (N-methyl/N-ethyl adjacent to an activating group) is 1. The average molecular weight is 550 g/mol. The third-order valence-corrected chi connectivity index (χ3v) is 6.23. The Hall–Kier alpha value is -2.81. The van der Waals surface area contributed by atoms with Crippen LogP contribution in [0.4, 0.5) is 10.1 Å². The molecule has 0 unspecified atom stereocenters. The van der Waals surface area contributed by atoms with Crippen molar-refractivity contribution in [1.82, 2.24) is 4.90 Å². The van der Waals surface area contributed by atoms with Gasteiger partial charge >= 0.3 is 0 Å². The van der Waals surface area contributed by atoms with Crippen molar-refractivity contribution in [3.8, 4) is 17.2 Å². The second-order valence-electron chi connectivity index (χ2n) is 8.88. The number of Topliss-reactive ketones (excluding diaryl/α,β-unsaturated/α-hetero) is 1. The van der Waals surface area contributed by atoms with E-state index in [4.69, 9.17) is 19.6 Å². The molecule has 0 spiro atoms. The van der Waals surface area contributed by atoms with Crippen LogP contribution in [0.15, 0.2) is 18.2 Å². The normalized spacial score (nSPS) is 14.3. The lowest BCUT2D eigenvalue weighted by Crippen LogP contribution is -2.32. The first kappa shape index (κ1) is 26.8. The number of rotatable bonds is 8. The third-order valence-electron chi connectivity index (χ3n) is 6.23. The van der Waals surface area contributed by atoms with Gasteiger partial charge in [0.05, 0.1) is 37.6 Å². The van der Waals surface area contributed by atoms with Crippen LogP contribution in [-0.2, 0) is 6.54 Å². The fraction of sp³-hybridized carbons (Fsp3) is 0.462. The molecule has 4 rings (SSSR count). The van der Waals surface area contributed by atoms with E-state index in [0.717, 1.165) is 23.5 Å². The Morgan fingerprint density at radius 3 is 2.57 bits per heavy atom. The second kappa shape index (κ2) is 10.8. The summed E-state index contributed by atoms with van der Waals surface area (Å²) in [7, 11) is 1.99. The van der Waals surface area contributed by atoms with E-state index in [-0.39, 0.29) is 65.5 Å². The van der Waals surface area contributed by atoms with Crippen LogP contribution in [0, 0.1) is 11.2 Å². The molecular weight excluding hydrogens is 517 g/mol. The van der Waals surface area contributed by atoms with Gasteiger partial charge in [-0.05, 0) is 49.1 Å². The maximum Gasteiger partial charge on any atom is 0.197 e. The number of benzene rings is 2. The molecule has 0 atom stereocenters. The Morgan fingerprint density at radius 2 is 1.91 bits per heavy atom. The van der Waals surface area contributed by atoms with Gasteiger partial charge in [-0.25, -0.2) is 4.39 Å². The van der Waals surface area contributed by atoms with Gasteiger partial charge in [0.15, 0.2) is 23.1 Å². The van der Waals surface area contributed by atoms with Crippen molar-refractivity contribution in [3.05, 3.63) is 46.3 Å². The Bertz CT molecular complexity index is 1120. The molecule has 190 valence electrons. The zero-order chi connectivity index (χ0) is 24.6. The molecule has 2 aromatic carbocycles. The number of nitrogens with one attached hydrogen (secondary N) is 1. The predicted octanol–water partition coefficient (Wildman–Crippen LogP) is 5.18. The molecule has 35 heavy (non-hydrogen) atoms. The number of anilines is 1. The molecule has 2 aromatic rings. The highest BCUT2D eigenvalue weighted by molar-refractivity contribution is 8.93. The van der Waals surface area contributed by atoms with E-state index in [1.807, 2.05) is 26.1 Å². The number of ether oxygens (including phenoxy) is 3. The van der Waals surface area contributed by atoms with Crippen LogP contribution in [0.5, 0.6) is 17.2 Å². The fourth-order valence-corrected chi connectivity index (χ4v) is 4.49. The number of hydrogen-bond donors (Lipinski definition) is 1. The Morgan fingerprint density at radius 1 is 1.20 bits per heavy atom. The molecule has 2 heterocycles. The predicted molar refractivity (Wildman–Crippen MR) is 140 cm³/mol. The van der Waals surface area contributed by atoms with Gasteiger partial charge in [-0.15, -0.1) is 17.0 Å². The minimum Gasteiger partial charge on any atom is -0.490 e. The van der Waals surface area contributed by atoms with Gasteiger partial charge in [-0.2, -0.15) is 0 Å². The summed E-state index contributed by atoms with van der Waals surface area (Å²) in [4.78, 5) is 17.0. The van der Waals surface area contributed by atoms with Gasteiger partial charge in [0, 0.05) is 19.2 Å². The molecular formula is C26H33BrFN3O4. The molecule has 7 nitrogen and oxygen atoms in total. The summed E-state index contributed by atoms with van der Waals surface area (Å²) in [6.07, 6.45) is 0. The van der Waals surface area contributed by atoms with Gasteiger partial charge < -0.3 is 24.0 Å². The van der Waals surface area contributed by atoms with E-state index >= 15 is 4.39 Å². The first-order valence-electron chi connectivity index (χ1n) is 11.8. The van der Waals surface area contributed by atoms with Crippen molar-refractivity contribution in [2.45, 2.75) is 40.2 Å². The molecule has 0 bridgehead atoms. The van der Waals surface area contributed by atoms with Crippen LogP contribution in [0.1, 0.15) is 60.7 Å². The van der Waals surface area contributed by atoms with Crippen molar-refractivity contribution in [1.29, 1.82) is 5.41 Å². The first-order valence-corrected chi connectivity index (χ1v) is 11.8. The van der Waals surface area contributed by atoms with Crippen LogP contribution >= 0.6 is 17.0 Å². The summed E-state index contributed by atoms with van der Waals surface area (Å²) >= 11 is 0. The maximum absolute atomic E-state index is 15.3. The van der Waals surface area contributed by atoms with Crippen molar-refractivity contribution in [2.75, 3.05) is 44.9 Å². The van der Waals surface area contributed by atoms with E-state index in [9.17, 15) is 4.79 Å². The van der Waals surface area contributed by atoms with Gasteiger partial charge in [0.2, 0.25) is 0 Å². The minimum absolute atomic E-state index is 0. The second-order valence-corrected chi connectivity index (χ2v) is 8.88. The number of amidine groups is 1. The Kier molecular flexibility index (Phi) is 8.30. The Labute approximate surface area is 216 Å². The van der Waals surface area contributed by atoms with Gasteiger partial charge in [0.25, 0.3) is 0 Å². The van der Waals surface area contributed by atoms with Crippen molar-refractivity contribution >= 4 is 34.3 Å². The van der Waals surface area contributed by atoms with Crippen LogP contribution in [0.3, 0.4) is 0 Å². The number of carbonyl (C=O) groups excluding carboxylic acids is 1. The summed E-state index contributed by atoms with van der Waals surface area (Å²) in [5.74, 6) is 0.587. The first-order chi connectivity index (χ1) is 16.3. The largest absolute Gasteiger partial charge is 0.490 e. The summed E-state index contributed by atoms with van der Waals surface area (Å²) in [6.45, 7) is 9.97. The molecule has 0 aliphatic carbocycles. The van der Waals surface area contributed by atoms with Crippen molar-refractivity contribution < 1.29 is 23.4 Å². The number of fused-ring (bicyclic) bond motifs is 2. The molecule has 2 aliphatic heterocycles. The molecule has 0 aromatic heterocycles. The lowest BCUT2D eigenvalue weighted by Gasteiger charge is -2.31. The van der Waals surface area contributed by atoms with Crippen LogP contribution < -0.4 is 19.1 Å². The van der Waals surface area contributed by atoms with Crippen molar-refractivity contribution in [3.63, 3.8) is 0 Å². The molecule has 0 saturated heterocycles. The Balaban J connectivity index is 0.00000342. The van der Waals surface area contributed by atoms with E-state index in [0.29, 0.717) is 30.1 Å². The lowest BCUT2D eigenvalue weighted by molar-refractivity contribution is 0.0962. The average Bonchev–Trinajstić information content (AvgIpc) is 3.11. The van der Waals surface area contributed by atoms with E-state index in [1.54, 1.807) is 17.9 Å².